The van der Waals surface area contributed by atoms with Gasteiger partial charge in [0, 0.05) is 31.5 Å². The SMILES string of the molecule is Cc1ccc(C(=O)CCC(=O)NCCNS(=O)(=O)c2ccccc2)cc1. The van der Waals surface area contributed by atoms with Crippen molar-refractivity contribution < 1.29 is 18.0 Å². The number of nitrogens with one attached hydrogen (secondary N) is 2. The topological polar surface area (TPSA) is 92.3 Å². The van der Waals surface area contributed by atoms with E-state index in [1.807, 2.05) is 19.1 Å². The third-order valence-electron chi connectivity index (χ3n) is 3.75. The molecule has 0 saturated heterocycles. The molecule has 2 aromatic rings. The van der Waals surface area contributed by atoms with Crippen LogP contribution in [0.1, 0.15) is 28.8 Å². The molecule has 0 fully saturated rings. The van der Waals surface area contributed by atoms with Gasteiger partial charge in [-0.25, -0.2) is 13.1 Å². The fourth-order valence-electron chi connectivity index (χ4n) is 2.27. The summed E-state index contributed by atoms with van der Waals surface area (Å²) < 4.78 is 26.4. The molecule has 1 amide bonds. The second kappa shape index (κ2) is 9.26. The number of benzene rings is 2. The molecule has 138 valence electrons. The van der Waals surface area contributed by atoms with Crippen molar-refractivity contribution in [2.24, 2.45) is 0 Å². The van der Waals surface area contributed by atoms with Crippen molar-refractivity contribution >= 4 is 21.7 Å². The molecule has 2 rings (SSSR count). The summed E-state index contributed by atoms with van der Waals surface area (Å²) in [7, 11) is -3.58. The van der Waals surface area contributed by atoms with E-state index in [1.165, 1.54) is 12.1 Å². The average molecular weight is 374 g/mol. The van der Waals surface area contributed by atoms with E-state index in [4.69, 9.17) is 0 Å². The van der Waals surface area contributed by atoms with Gasteiger partial charge in [-0.3, -0.25) is 9.59 Å². The van der Waals surface area contributed by atoms with Crippen molar-refractivity contribution in [3.63, 3.8) is 0 Å². The highest BCUT2D eigenvalue weighted by atomic mass is 32.2. The van der Waals surface area contributed by atoms with Crippen LogP contribution in [0.15, 0.2) is 59.5 Å². The number of aryl methyl sites for hydroxylation is 1. The molecule has 0 unspecified atom stereocenters. The van der Waals surface area contributed by atoms with E-state index in [1.54, 1.807) is 30.3 Å². The van der Waals surface area contributed by atoms with Gasteiger partial charge in [-0.1, -0.05) is 48.0 Å². The molecule has 0 aliphatic heterocycles. The Balaban J connectivity index is 1.69. The number of hydrogen-bond donors (Lipinski definition) is 2. The Kier molecular flexibility index (Phi) is 7.06. The summed E-state index contributed by atoms with van der Waals surface area (Å²) in [5, 5.41) is 2.60. The van der Waals surface area contributed by atoms with Crippen molar-refractivity contribution in [3.05, 3.63) is 65.7 Å². The van der Waals surface area contributed by atoms with Crippen LogP contribution in [-0.2, 0) is 14.8 Å². The normalized spacial score (nSPS) is 11.1. The first kappa shape index (κ1) is 19.8. The van der Waals surface area contributed by atoms with Gasteiger partial charge in [0.05, 0.1) is 4.90 Å². The highest BCUT2D eigenvalue weighted by molar-refractivity contribution is 7.89. The van der Waals surface area contributed by atoms with Crippen molar-refractivity contribution in [1.82, 2.24) is 10.0 Å². The van der Waals surface area contributed by atoms with Gasteiger partial charge in [-0.15, -0.1) is 0 Å². The van der Waals surface area contributed by atoms with Gasteiger partial charge >= 0.3 is 0 Å². The maximum absolute atomic E-state index is 12.0. The van der Waals surface area contributed by atoms with Crippen LogP contribution in [0.2, 0.25) is 0 Å². The number of sulfonamides is 1. The van der Waals surface area contributed by atoms with Crippen LogP contribution in [-0.4, -0.2) is 33.2 Å². The highest BCUT2D eigenvalue weighted by Crippen LogP contribution is 2.08. The van der Waals surface area contributed by atoms with Crippen LogP contribution in [0.4, 0.5) is 0 Å². The van der Waals surface area contributed by atoms with Gasteiger partial charge in [-0.05, 0) is 19.1 Å². The molecule has 0 atom stereocenters. The van der Waals surface area contributed by atoms with Gasteiger partial charge < -0.3 is 5.32 Å². The van der Waals surface area contributed by atoms with Gasteiger partial charge in [0.2, 0.25) is 15.9 Å². The molecule has 2 N–H and O–H groups in total. The van der Waals surface area contributed by atoms with Crippen molar-refractivity contribution in [2.75, 3.05) is 13.1 Å². The van der Waals surface area contributed by atoms with Crippen molar-refractivity contribution in [3.8, 4) is 0 Å². The van der Waals surface area contributed by atoms with Crippen LogP contribution in [0.25, 0.3) is 0 Å². The van der Waals surface area contributed by atoms with E-state index >= 15 is 0 Å². The first-order chi connectivity index (χ1) is 12.4. The predicted octanol–water partition coefficient (Wildman–Crippen LogP) is 2.05. The fraction of sp³-hybridized carbons (Fsp3) is 0.263. The largest absolute Gasteiger partial charge is 0.355 e. The number of ketones is 1. The second-order valence-corrected chi connectivity index (χ2v) is 7.62. The molecule has 0 spiro atoms. The number of carbonyl (C=O) groups excluding carboxylic acids is 2. The summed E-state index contributed by atoms with van der Waals surface area (Å²) in [6, 6.07) is 15.2. The minimum atomic E-state index is -3.58. The minimum absolute atomic E-state index is 0.0676. The van der Waals surface area contributed by atoms with Gasteiger partial charge in [0.25, 0.3) is 0 Å². The summed E-state index contributed by atoms with van der Waals surface area (Å²) in [5.41, 5.74) is 1.65. The number of carbonyl (C=O) groups is 2. The first-order valence-corrected chi connectivity index (χ1v) is 9.78. The molecule has 2 aromatic carbocycles. The quantitative estimate of drug-likeness (QED) is 0.519. The summed E-state index contributed by atoms with van der Waals surface area (Å²) in [6.07, 6.45) is 0.183. The summed E-state index contributed by atoms with van der Waals surface area (Å²) in [4.78, 5) is 24.0. The van der Waals surface area contributed by atoms with Crippen LogP contribution in [0, 0.1) is 6.92 Å². The summed E-state index contributed by atoms with van der Waals surface area (Å²) in [6.45, 7) is 2.17. The lowest BCUT2D eigenvalue weighted by Gasteiger charge is -2.08. The zero-order chi connectivity index (χ0) is 19.0. The smallest absolute Gasteiger partial charge is 0.240 e. The van der Waals surface area contributed by atoms with Crippen molar-refractivity contribution in [1.29, 1.82) is 0 Å². The predicted molar refractivity (Wildman–Crippen MR) is 99.4 cm³/mol. The molecule has 26 heavy (non-hydrogen) atoms. The lowest BCUT2D eigenvalue weighted by Crippen LogP contribution is -2.34. The van der Waals surface area contributed by atoms with Gasteiger partial charge in [0.15, 0.2) is 5.78 Å². The molecule has 6 nitrogen and oxygen atoms in total. The molecule has 0 saturated carbocycles. The number of hydrogen-bond acceptors (Lipinski definition) is 4. The average Bonchev–Trinajstić information content (AvgIpc) is 2.64. The molecule has 0 aliphatic carbocycles. The van der Waals surface area contributed by atoms with E-state index in [0.717, 1.165) is 5.56 Å². The number of Topliss-reactive ketones (excluding diaryl/α,β-unsaturated/α-hetero) is 1. The third kappa shape index (κ3) is 6.09. The zero-order valence-electron chi connectivity index (χ0n) is 14.6. The second-order valence-electron chi connectivity index (χ2n) is 5.85. The monoisotopic (exact) mass is 374 g/mol. The van der Waals surface area contributed by atoms with E-state index in [-0.39, 0.29) is 42.5 Å². The molecular weight excluding hydrogens is 352 g/mol. The summed E-state index contributed by atoms with van der Waals surface area (Å²) in [5.74, 6) is -0.380. The maximum atomic E-state index is 12.0. The fourth-order valence-corrected chi connectivity index (χ4v) is 3.32. The molecule has 0 radical (unpaired) electrons. The van der Waals surface area contributed by atoms with E-state index in [2.05, 4.69) is 10.0 Å². The molecule has 0 aromatic heterocycles. The van der Waals surface area contributed by atoms with Crippen LogP contribution in [0.3, 0.4) is 0 Å². The maximum Gasteiger partial charge on any atom is 0.240 e. The molecule has 0 aliphatic rings. The Morgan fingerprint density at radius 2 is 1.54 bits per heavy atom. The lowest BCUT2D eigenvalue weighted by atomic mass is 10.1. The Morgan fingerprint density at radius 1 is 0.885 bits per heavy atom. The Labute approximate surface area is 153 Å². The van der Waals surface area contributed by atoms with Crippen molar-refractivity contribution in [2.45, 2.75) is 24.7 Å². The van der Waals surface area contributed by atoms with Crippen LogP contribution >= 0.6 is 0 Å². The van der Waals surface area contributed by atoms with Gasteiger partial charge in [-0.2, -0.15) is 0 Å². The highest BCUT2D eigenvalue weighted by Gasteiger charge is 2.13. The number of amides is 1. The van der Waals surface area contributed by atoms with Gasteiger partial charge in [0.1, 0.15) is 0 Å². The Hall–Kier alpha value is -2.51. The lowest BCUT2D eigenvalue weighted by molar-refractivity contribution is -0.121. The van der Waals surface area contributed by atoms with Crippen LogP contribution < -0.4 is 10.0 Å². The van der Waals surface area contributed by atoms with Crippen LogP contribution in [0.5, 0.6) is 0 Å². The first-order valence-electron chi connectivity index (χ1n) is 8.30. The summed E-state index contributed by atoms with van der Waals surface area (Å²) >= 11 is 0. The number of rotatable bonds is 9. The Morgan fingerprint density at radius 3 is 2.19 bits per heavy atom. The third-order valence-corrected chi connectivity index (χ3v) is 5.22. The van der Waals surface area contributed by atoms with E-state index < -0.39 is 10.0 Å². The van der Waals surface area contributed by atoms with E-state index in [0.29, 0.717) is 5.56 Å². The molecule has 0 bridgehead atoms. The minimum Gasteiger partial charge on any atom is -0.355 e. The molecular formula is C19H22N2O4S. The zero-order valence-corrected chi connectivity index (χ0v) is 15.4. The van der Waals surface area contributed by atoms with E-state index in [9.17, 15) is 18.0 Å². The molecule has 0 heterocycles. The standard InChI is InChI=1S/C19H22N2O4S/c1-15-7-9-16(10-8-15)18(22)11-12-19(23)20-13-14-21-26(24,25)17-5-3-2-4-6-17/h2-10,21H,11-14H2,1H3,(H,20,23). The molecule has 7 heteroatoms. The Bertz CT molecular complexity index is 847.